The molecule has 0 saturated heterocycles. The lowest BCUT2D eigenvalue weighted by atomic mass is 10.1. The van der Waals surface area contributed by atoms with Gasteiger partial charge < -0.3 is 9.64 Å². The second-order valence-electron chi connectivity index (χ2n) is 5.74. The quantitative estimate of drug-likeness (QED) is 0.831. The lowest BCUT2D eigenvalue weighted by molar-refractivity contribution is 0.193. The van der Waals surface area contributed by atoms with Crippen LogP contribution in [-0.4, -0.2) is 33.8 Å². The second-order valence-corrected chi connectivity index (χ2v) is 6.27. The Morgan fingerprint density at radius 2 is 2.09 bits per heavy atom. The van der Waals surface area contributed by atoms with Gasteiger partial charge in [0.25, 0.3) is 5.88 Å². The van der Waals surface area contributed by atoms with Crippen LogP contribution in [0.4, 0.5) is 4.39 Å². The molecule has 1 aromatic carbocycles. The lowest BCUT2D eigenvalue weighted by Crippen LogP contribution is -2.25. The number of aromatic nitrogens is 2. The first-order valence-electron chi connectivity index (χ1n) is 7.80. The predicted octanol–water partition coefficient (Wildman–Crippen LogP) is 3.93. The molecule has 0 aliphatic carbocycles. The SMILES string of the molecule is CCC(Oc1nsnc1C1=CCCN(C)C1)c1ccc(F)cc1. The normalized spacial score (nSPS) is 16.9. The van der Waals surface area contributed by atoms with Gasteiger partial charge in [-0.05, 0) is 43.2 Å². The molecule has 0 radical (unpaired) electrons. The Bertz CT molecular complexity index is 683. The van der Waals surface area contributed by atoms with E-state index < -0.39 is 0 Å². The number of hydrogen-bond donors (Lipinski definition) is 0. The summed E-state index contributed by atoms with van der Waals surface area (Å²) in [5.41, 5.74) is 2.95. The van der Waals surface area contributed by atoms with Crippen LogP contribution in [0.3, 0.4) is 0 Å². The maximum Gasteiger partial charge on any atom is 0.254 e. The van der Waals surface area contributed by atoms with Gasteiger partial charge >= 0.3 is 0 Å². The third kappa shape index (κ3) is 3.76. The Hall–Kier alpha value is -1.79. The van der Waals surface area contributed by atoms with Crippen molar-refractivity contribution < 1.29 is 9.13 Å². The average molecular weight is 333 g/mol. The summed E-state index contributed by atoms with van der Waals surface area (Å²) in [5.74, 6) is 0.336. The van der Waals surface area contributed by atoms with Crippen molar-refractivity contribution in [3.63, 3.8) is 0 Å². The highest BCUT2D eigenvalue weighted by Gasteiger charge is 2.21. The number of hydrogen-bond acceptors (Lipinski definition) is 5. The van der Waals surface area contributed by atoms with Crippen molar-refractivity contribution in [1.29, 1.82) is 0 Å². The molecule has 2 heterocycles. The molecule has 0 fully saturated rings. The first kappa shape index (κ1) is 16.1. The highest BCUT2D eigenvalue weighted by Crippen LogP contribution is 2.31. The molecule has 4 nitrogen and oxygen atoms in total. The average Bonchev–Trinajstić information content (AvgIpc) is 3.02. The molecular weight excluding hydrogens is 313 g/mol. The standard InChI is InChI=1S/C17H20FN3OS/c1-3-15(12-6-8-14(18)9-7-12)22-17-16(19-23-20-17)13-5-4-10-21(2)11-13/h5-9,15H,3-4,10-11H2,1-2H3. The van der Waals surface area contributed by atoms with E-state index in [9.17, 15) is 4.39 Å². The van der Waals surface area contributed by atoms with E-state index in [-0.39, 0.29) is 11.9 Å². The van der Waals surface area contributed by atoms with Crippen LogP contribution in [0.15, 0.2) is 30.3 Å². The molecule has 0 saturated carbocycles. The summed E-state index contributed by atoms with van der Waals surface area (Å²) in [6, 6.07) is 6.44. The first-order chi connectivity index (χ1) is 11.2. The monoisotopic (exact) mass is 333 g/mol. The smallest absolute Gasteiger partial charge is 0.254 e. The summed E-state index contributed by atoms with van der Waals surface area (Å²) in [6.45, 7) is 3.96. The maximum atomic E-state index is 13.1. The molecule has 2 aromatic rings. The van der Waals surface area contributed by atoms with Gasteiger partial charge in [-0.2, -0.15) is 4.37 Å². The van der Waals surface area contributed by atoms with E-state index in [4.69, 9.17) is 4.74 Å². The number of rotatable bonds is 5. The molecule has 1 atom stereocenters. The van der Waals surface area contributed by atoms with Gasteiger partial charge in [-0.15, -0.1) is 4.37 Å². The Morgan fingerprint density at radius 3 is 2.78 bits per heavy atom. The van der Waals surface area contributed by atoms with Gasteiger partial charge in [0.2, 0.25) is 0 Å². The topological polar surface area (TPSA) is 38.3 Å². The molecule has 3 rings (SSSR count). The number of ether oxygens (including phenoxy) is 1. The highest BCUT2D eigenvalue weighted by atomic mass is 32.1. The van der Waals surface area contributed by atoms with E-state index in [0.717, 1.165) is 42.8 Å². The summed E-state index contributed by atoms with van der Waals surface area (Å²) in [7, 11) is 2.10. The third-order valence-corrected chi connectivity index (χ3v) is 4.48. The molecule has 1 aliphatic heterocycles. The minimum absolute atomic E-state index is 0.153. The minimum Gasteiger partial charge on any atom is -0.467 e. The maximum absolute atomic E-state index is 13.1. The zero-order valence-corrected chi connectivity index (χ0v) is 14.1. The van der Waals surface area contributed by atoms with Crippen molar-refractivity contribution in [2.75, 3.05) is 20.1 Å². The predicted molar refractivity (Wildman–Crippen MR) is 90.1 cm³/mol. The van der Waals surface area contributed by atoms with Crippen molar-refractivity contribution in [1.82, 2.24) is 13.6 Å². The summed E-state index contributed by atoms with van der Waals surface area (Å²) in [5, 5.41) is 0. The molecule has 0 bridgehead atoms. The second kappa shape index (κ2) is 7.19. The van der Waals surface area contributed by atoms with E-state index >= 15 is 0 Å². The van der Waals surface area contributed by atoms with Crippen LogP contribution in [0, 0.1) is 5.82 Å². The van der Waals surface area contributed by atoms with Gasteiger partial charge in [0.05, 0.1) is 11.7 Å². The Balaban J connectivity index is 1.81. The van der Waals surface area contributed by atoms with Crippen LogP contribution >= 0.6 is 11.7 Å². The number of likely N-dealkylation sites (N-methyl/N-ethyl adjacent to an activating group) is 1. The van der Waals surface area contributed by atoms with Crippen LogP contribution < -0.4 is 4.74 Å². The Labute approximate surface area is 139 Å². The molecule has 1 unspecified atom stereocenters. The third-order valence-electron chi connectivity index (χ3n) is 3.97. The van der Waals surface area contributed by atoms with Gasteiger partial charge in [-0.3, -0.25) is 0 Å². The van der Waals surface area contributed by atoms with Gasteiger partial charge in [-0.1, -0.05) is 25.1 Å². The minimum atomic E-state index is -0.241. The fourth-order valence-corrected chi connectivity index (χ4v) is 3.24. The summed E-state index contributed by atoms with van der Waals surface area (Å²) >= 11 is 1.17. The van der Waals surface area contributed by atoms with Crippen LogP contribution in [0.1, 0.15) is 37.1 Å². The Morgan fingerprint density at radius 1 is 1.30 bits per heavy atom. The van der Waals surface area contributed by atoms with E-state index in [1.807, 2.05) is 6.92 Å². The van der Waals surface area contributed by atoms with Crippen molar-refractivity contribution in [2.24, 2.45) is 0 Å². The largest absolute Gasteiger partial charge is 0.467 e. The van der Waals surface area contributed by atoms with Crippen molar-refractivity contribution in [3.05, 3.63) is 47.4 Å². The van der Waals surface area contributed by atoms with Crippen LogP contribution in [-0.2, 0) is 0 Å². The van der Waals surface area contributed by atoms with Gasteiger partial charge in [0.15, 0.2) is 0 Å². The Kier molecular flexibility index (Phi) is 5.03. The molecule has 0 amide bonds. The number of nitrogens with zero attached hydrogens (tertiary/aromatic N) is 3. The van der Waals surface area contributed by atoms with E-state index in [1.165, 1.54) is 23.9 Å². The fourth-order valence-electron chi connectivity index (χ4n) is 2.72. The van der Waals surface area contributed by atoms with E-state index in [0.29, 0.717) is 5.88 Å². The lowest BCUT2D eigenvalue weighted by Gasteiger charge is -2.23. The first-order valence-corrected chi connectivity index (χ1v) is 8.53. The zero-order valence-electron chi connectivity index (χ0n) is 13.3. The molecule has 1 aliphatic rings. The summed E-state index contributed by atoms with van der Waals surface area (Å²) < 4.78 is 27.9. The van der Waals surface area contributed by atoms with Gasteiger partial charge in [-0.25, -0.2) is 4.39 Å². The van der Waals surface area contributed by atoms with Gasteiger partial charge in [0.1, 0.15) is 17.6 Å². The van der Waals surface area contributed by atoms with E-state index in [2.05, 4.69) is 26.8 Å². The number of halogens is 1. The number of benzene rings is 1. The molecular formula is C17H20FN3OS. The molecule has 0 N–H and O–H groups in total. The van der Waals surface area contributed by atoms with Gasteiger partial charge in [0, 0.05) is 13.1 Å². The highest BCUT2D eigenvalue weighted by molar-refractivity contribution is 6.99. The molecule has 23 heavy (non-hydrogen) atoms. The van der Waals surface area contributed by atoms with Crippen LogP contribution in [0.25, 0.3) is 5.57 Å². The van der Waals surface area contributed by atoms with Crippen LogP contribution in [0.2, 0.25) is 0 Å². The van der Waals surface area contributed by atoms with E-state index in [1.54, 1.807) is 12.1 Å². The zero-order chi connectivity index (χ0) is 16.2. The van der Waals surface area contributed by atoms with Crippen molar-refractivity contribution in [3.8, 4) is 5.88 Å². The molecule has 6 heteroatoms. The fraction of sp³-hybridized carbons (Fsp3) is 0.412. The summed E-state index contributed by atoms with van der Waals surface area (Å²) in [4.78, 5) is 2.26. The molecule has 1 aromatic heterocycles. The van der Waals surface area contributed by atoms with Crippen molar-refractivity contribution in [2.45, 2.75) is 25.9 Å². The summed E-state index contributed by atoms with van der Waals surface area (Å²) in [6.07, 6.45) is 3.85. The van der Waals surface area contributed by atoms with Crippen molar-refractivity contribution >= 4 is 17.3 Å². The van der Waals surface area contributed by atoms with Crippen LogP contribution in [0.5, 0.6) is 5.88 Å². The molecule has 0 spiro atoms. The molecule has 122 valence electrons.